The largest absolute Gasteiger partial charge is 0.448 e. The molecule has 14 heavy (non-hydrogen) atoms. The maximum absolute atomic E-state index is 11.4. The van der Waals surface area contributed by atoms with Gasteiger partial charge in [-0.25, -0.2) is 4.79 Å². The summed E-state index contributed by atoms with van der Waals surface area (Å²) in [6.07, 6.45) is 2.35. The smallest absolute Gasteiger partial charge is 0.410 e. The molecule has 78 valence electrons. The molecule has 1 N–H and O–H groups in total. The van der Waals surface area contributed by atoms with E-state index >= 15 is 0 Å². The second kappa shape index (κ2) is 3.12. The van der Waals surface area contributed by atoms with Crippen LogP contribution < -0.4 is 5.32 Å². The molecule has 3 fully saturated rings. The highest BCUT2D eigenvalue weighted by Crippen LogP contribution is 2.38. The van der Waals surface area contributed by atoms with Gasteiger partial charge >= 0.3 is 6.09 Å². The standard InChI is InChI=1S/C10H16N2O2/c13-10-12(3-4-14-10)9-2-1-7-5-11-6-8(7)9/h7-9,11H,1-6H2. The summed E-state index contributed by atoms with van der Waals surface area (Å²) in [7, 11) is 0. The molecule has 3 unspecified atom stereocenters. The number of nitrogens with one attached hydrogen (secondary N) is 1. The number of hydrogen-bond acceptors (Lipinski definition) is 3. The minimum atomic E-state index is -0.0949. The van der Waals surface area contributed by atoms with Gasteiger partial charge in [0.25, 0.3) is 0 Å². The van der Waals surface area contributed by atoms with Gasteiger partial charge < -0.3 is 15.0 Å². The highest BCUT2D eigenvalue weighted by atomic mass is 16.6. The van der Waals surface area contributed by atoms with Gasteiger partial charge in [0.1, 0.15) is 6.61 Å². The lowest BCUT2D eigenvalue weighted by molar-refractivity contribution is 0.139. The van der Waals surface area contributed by atoms with E-state index in [0.717, 1.165) is 25.6 Å². The topological polar surface area (TPSA) is 41.6 Å². The van der Waals surface area contributed by atoms with Crippen LogP contribution in [0.4, 0.5) is 4.79 Å². The average Bonchev–Trinajstić information content (AvgIpc) is 2.78. The van der Waals surface area contributed by atoms with Crippen LogP contribution >= 0.6 is 0 Å². The van der Waals surface area contributed by atoms with Gasteiger partial charge in [0, 0.05) is 12.6 Å². The summed E-state index contributed by atoms with van der Waals surface area (Å²) in [5.41, 5.74) is 0. The Morgan fingerprint density at radius 1 is 1.36 bits per heavy atom. The molecule has 0 bridgehead atoms. The van der Waals surface area contributed by atoms with Gasteiger partial charge in [-0.2, -0.15) is 0 Å². The molecule has 0 aromatic carbocycles. The Balaban J connectivity index is 1.75. The molecular weight excluding hydrogens is 180 g/mol. The fourth-order valence-electron chi connectivity index (χ4n) is 3.21. The molecule has 2 saturated heterocycles. The molecule has 0 radical (unpaired) electrons. The number of hydrogen-bond donors (Lipinski definition) is 1. The maximum Gasteiger partial charge on any atom is 0.410 e. The third-order valence-electron chi connectivity index (χ3n) is 3.91. The zero-order valence-electron chi connectivity index (χ0n) is 8.24. The van der Waals surface area contributed by atoms with Gasteiger partial charge in [0.2, 0.25) is 0 Å². The van der Waals surface area contributed by atoms with E-state index in [1.165, 1.54) is 12.8 Å². The zero-order valence-corrected chi connectivity index (χ0v) is 8.24. The van der Waals surface area contributed by atoms with Crippen molar-refractivity contribution in [3.05, 3.63) is 0 Å². The van der Waals surface area contributed by atoms with Gasteiger partial charge in [0.15, 0.2) is 0 Å². The van der Waals surface area contributed by atoms with Crippen LogP contribution in [-0.4, -0.2) is 43.3 Å². The Labute approximate surface area is 83.6 Å². The summed E-state index contributed by atoms with van der Waals surface area (Å²) in [4.78, 5) is 13.4. The minimum absolute atomic E-state index is 0.0949. The second-order valence-electron chi connectivity index (χ2n) is 4.53. The molecular formula is C10H16N2O2. The van der Waals surface area contributed by atoms with Crippen LogP contribution in [0.1, 0.15) is 12.8 Å². The van der Waals surface area contributed by atoms with Crippen LogP contribution in [-0.2, 0) is 4.74 Å². The monoisotopic (exact) mass is 196 g/mol. The highest BCUT2D eigenvalue weighted by molar-refractivity contribution is 5.69. The number of carbonyl (C=O) groups is 1. The lowest BCUT2D eigenvalue weighted by Gasteiger charge is -2.26. The third kappa shape index (κ3) is 1.13. The first-order chi connectivity index (χ1) is 6.86. The Morgan fingerprint density at radius 2 is 2.29 bits per heavy atom. The average molecular weight is 196 g/mol. The predicted molar refractivity (Wildman–Crippen MR) is 50.9 cm³/mol. The number of fused-ring (bicyclic) bond motifs is 1. The summed E-state index contributed by atoms with van der Waals surface area (Å²) in [6, 6.07) is 0.449. The molecule has 1 amide bonds. The van der Waals surface area contributed by atoms with Crippen LogP contribution in [0.25, 0.3) is 0 Å². The van der Waals surface area contributed by atoms with Crippen LogP contribution in [0.3, 0.4) is 0 Å². The predicted octanol–water partition coefficient (Wildman–Crippen LogP) is 0.437. The highest BCUT2D eigenvalue weighted by Gasteiger charge is 2.44. The van der Waals surface area contributed by atoms with Crippen LogP contribution in [0.15, 0.2) is 0 Å². The van der Waals surface area contributed by atoms with Crippen molar-refractivity contribution in [1.29, 1.82) is 0 Å². The Kier molecular flexibility index (Phi) is 1.90. The van der Waals surface area contributed by atoms with E-state index < -0.39 is 0 Å². The first-order valence-corrected chi connectivity index (χ1v) is 5.50. The van der Waals surface area contributed by atoms with E-state index in [1.807, 2.05) is 4.90 Å². The van der Waals surface area contributed by atoms with E-state index in [0.29, 0.717) is 18.6 Å². The van der Waals surface area contributed by atoms with Gasteiger partial charge in [-0.1, -0.05) is 0 Å². The fraction of sp³-hybridized carbons (Fsp3) is 0.900. The van der Waals surface area contributed by atoms with E-state index in [4.69, 9.17) is 4.74 Å². The molecule has 4 heteroatoms. The first-order valence-electron chi connectivity index (χ1n) is 5.50. The van der Waals surface area contributed by atoms with Crippen molar-refractivity contribution in [2.24, 2.45) is 11.8 Å². The van der Waals surface area contributed by atoms with Crippen LogP contribution in [0.2, 0.25) is 0 Å². The zero-order chi connectivity index (χ0) is 9.54. The second-order valence-corrected chi connectivity index (χ2v) is 4.53. The molecule has 0 aromatic rings. The van der Waals surface area contributed by atoms with E-state index in [9.17, 15) is 4.79 Å². The van der Waals surface area contributed by atoms with Gasteiger partial charge in [-0.3, -0.25) is 0 Å². The number of ether oxygens (including phenoxy) is 1. The molecule has 3 rings (SSSR count). The molecule has 0 aromatic heterocycles. The molecule has 3 atom stereocenters. The van der Waals surface area contributed by atoms with Crippen molar-refractivity contribution < 1.29 is 9.53 Å². The molecule has 3 aliphatic rings. The Bertz CT molecular complexity index is 257. The van der Waals surface area contributed by atoms with E-state index in [-0.39, 0.29) is 6.09 Å². The minimum Gasteiger partial charge on any atom is -0.448 e. The quantitative estimate of drug-likeness (QED) is 0.661. The summed E-state index contributed by atoms with van der Waals surface area (Å²) in [5, 5.41) is 3.41. The molecule has 0 spiro atoms. The van der Waals surface area contributed by atoms with Crippen molar-refractivity contribution in [2.45, 2.75) is 18.9 Å². The van der Waals surface area contributed by atoms with Crippen molar-refractivity contribution >= 4 is 6.09 Å². The summed E-state index contributed by atoms with van der Waals surface area (Å²) < 4.78 is 4.99. The van der Waals surface area contributed by atoms with Crippen LogP contribution in [0, 0.1) is 11.8 Å². The number of rotatable bonds is 1. The fourth-order valence-corrected chi connectivity index (χ4v) is 3.21. The van der Waals surface area contributed by atoms with Gasteiger partial charge in [-0.15, -0.1) is 0 Å². The molecule has 2 heterocycles. The van der Waals surface area contributed by atoms with Crippen molar-refractivity contribution in [1.82, 2.24) is 10.2 Å². The first kappa shape index (κ1) is 8.53. The summed E-state index contributed by atoms with van der Waals surface area (Å²) in [6.45, 7) is 3.61. The molecule has 2 aliphatic heterocycles. The summed E-state index contributed by atoms with van der Waals surface area (Å²) in [5.74, 6) is 1.48. The molecule has 1 saturated carbocycles. The Hall–Kier alpha value is -0.770. The normalized spacial score (nSPS) is 41.6. The third-order valence-corrected chi connectivity index (χ3v) is 3.91. The molecule has 4 nitrogen and oxygen atoms in total. The number of nitrogens with zero attached hydrogens (tertiary/aromatic N) is 1. The van der Waals surface area contributed by atoms with Gasteiger partial charge in [0.05, 0.1) is 6.54 Å². The number of cyclic esters (lactones) is 1. The van der Waals surface area contributed by atoms with E-state index in [1.54, 1.807) is 0 Å². The molecule has 1 aliphatic carbocycles. The number of amides is 1. The Morgan fingerprint density at radius 3 is 3.07 bits per heavy atom. The lowest BCUT2D eigenvalue weighted by atomic mass is 9.97. The van der Waals surface area contributed by atoms with Gasteiger partial charge in [-0.05, 0) is 31.2 Å². The van der Waals surface area contributed by atoms with Crippen LogP contribution in [0.5, 0.6) is 0 Å². The van der Waals surface area contributed by atoms with Crippen molar-refractivity contribution in [3.63, 3.8) is 0 Å². The van der Waals surface area contributed by atoms with E-state index in [2.05, 4.69) is 5.32 Å². The number of carbonyl (C=O) groups excluding carboxylic acids is 1. The maximum atomic E-state index is 11.4. The van der Waals surface area contributed by atoms with Crippen molar-refractivity contribution in [2.75, 3.05) is 26.2 Å². The SMILES string of the molecule is O=C1OCCN1C1CCC2CNCC21. The lowest BCUT2D eigenvalue weighted by Crippen LogP contribution is -2.40. The summed E-state index contributed by atoms with van der Waals surface area (Å²) >= 11 is 0. The van der Waals surface area contributed by atoms with Crippen molar-refractivity contribution in [3.8, 4) is 0 Å².